The molecule has 0 spiro atoms. The first-order valence-corrected chi connectivity index (χ1v) is 7.75. The molecule has 0 unspecified atom stereocenters. The Balaban J connectivity index is 1.91. The van der Waals surface area contributed by atoms with Crippen molar-refractivity contribution in [2.75, 3.05) is 19.7 Å². The lowest BCUT2D eigenvalue weighted by molar-refractivity contribution is -0.253. The number of rotatable bonds is 5. The van der Waals surface area contributed by atoms with Gasteiger partial charge in [0.2, 0.25) is 5.91 Å². The number of hydrogen-bond acceptors (Lipinski definition) is 3. The van der Waals surface area contributed by atoms with Crippen molar-refractivity contribution in [2.45, 2.75) is 38.7 Å². The van der Waals surface area contributed by atoms with Crippen molar-refractivity contribution in [1.29, 1.82) is 0 Å². The summed E-state index contributed by atoms with van der Waals surface area (Å²) in [5.74, 6) is -0.448. The van der Waals surface area contributed by atoms with Gasteiger partial charge in [-0.3, -0.25) is 4.79 Å². The molecule has 1 aliphatic heterocycles. The number of amides is 1. The summed E-state index contributed by atoms with van der Waals surface area (Å²) in [6, 6.07) is 9.40. The van der Waals surface area contributed by atoms with Crippen LogP contribution in [-0.4, -0.2) is 47.4 Å². The quantitative estimate of drug-likeness (QED) is 0.893. The summed E-state index contributed by atoms with van der Waals surface area (Å²) in [5, 5.41) is 9.69. The van der Waals surface area contributed by atoms with E-state index in [2.05, 4.69) is 0 Å². The van der Waals surface area contributed by atoms with Crippen LogP contribution in [-0.2, 0) is 16.1 Å². The second-order valence-corrected chi connectivity index (χ2v) is 6.87. The van der Waals surface area contributed by atoms with Crippen LogP contribution in [0.15, 0.2) is 30.3 Å². The molecule has 1 aromatic rings. The van der Waals surface area contributed by atoms with Gasteiger partial charge in [-0.05, 0) is 19.4 Å². The van der Waals surface area contributed by atoms with Crippen molar-refractivity contribution in [3.05, 3.63) is 35.9 Å². The molecule has 0 bridgehead atoms. The van der Waals surface area contributed by atoms with Crippen molar-refractivity contribution in [2.24, 2.45) is 5.41 Å². The maximum absolute atomic E-state index is 12.9. The molecule has 1 amide bonds. The Bertz CT molecular complexity index is 574. The average molecular weight is 345 g/mol. The van der Waals surface area contributed by atoms with Crippen molar-refractivity contribution in [1.82, 2.24) is 4.90 Å². The SMILES string of the molecule is CC(C)(COCc1ccccc1)C(=O)N1CC[C@](O)(C(F)(F)F)C1. The van der Waals surface area contributed by atoms with Crippen LogP contribution in [0.5, 0.6) is 0 Å². The summed E-state index contributed by atoms with van der Waals surface area (Å²) in [6.45, 7) is 2.83. The second-order valence-electron chi connectivity index (χ2n) is 6.87. The van der Waals surface area contributed by atoms with Crippen molar-refractivity contribution in [3.8, 4) is 0 Å². The molecular weight excluding hydrogens is 323 g/mol. The standard InChI is InChI=1S/C17H22F3NO3/c1-15(2,12-24-10-13-6-4-3-5-7-13)14(22)21-9-8-16(23,11-21)17(18,19)20/h3-7,23H,8-12H2,1-2H3/t16-/m1/s1. The van der Waals surface area contributed by atoms with Gasteiger partial charge in [-0.25, -0.2) is 0 Å². The highest BCUT2D eigenvalue weighted by molar-refractivity contribution is 5.82. The number of aliphatic hydroxyl groups is 1. The number of halogens is 3. The van der Waals surface area contributed by atoms with E-state index in [0.29, 0.717) is 6.61 Å². The first-order chi connectivity index (χ1) is 11.1. The Morgan fingerprint density at radius 3 is 2.46 bits per heavy atom. The summed E-state index contributed by atoms with van der Waals surface area (Å²) < 4.78 is 44.1. The summed E-state index contributed by atoms with van der Waals surface area (Å²) in [5.41, 5.74) is -2.83. The molecule has 1 saturated heterocycles. The maximum atomic E-state index is 12.9. The van der Waals surface area contributed by atoms with Gasteiger partial charge in [-0.2, -0.15) is 13.2 Å². The Morgan fingerprint density at radius 1 is 1.29 bits per heavy atom. The Kier molecular flexibility index (Phi) is 5.25. The molecule has 7 heteroatoms. The van der Waals surface area contributed by atoms with Crippen LogP contribution in [0, 0.1) is 5.41 Å². The van der Waals surface area contributed by atoms with E-state index in [9.17, 15) is 23.1 Å². The monoisotopic (exact) mass is 345 g/mol. The van der Waals surface area contributed by atoms with Crippen molar-refractivity contribution >= 4 is 5.91 Å². The fraction of sp³-hybridized carbons (Fsp3) is 0.588. The van der Waals surface area contributed by atoms with E-state index in [1.54, 1.807) is 13.8 Å². The van der Waals surface area contributed by atoms with Crippen LogP contribution in [0.1, 0.15) is 25.8 Å². The molecule has 0 aliphatic carbocycles. The number of carbonyl (C=O) groups excluding carboxylic acids is 1. The van der Waals surface area contributed by atoms with Crippen LogP contribution in [0.25, 0.3) is 0 Å². The molecule has 0 radical (unpaired) electrons. The topological polar surface area (TPSA) is 49.8 Å². The van der Waals surface area contributed by atoms with E-state index in [4.69, 9.17) is 4.74 Å². The number of β-amino-alcohol motifs (C(OH)–C–C–N with tert-alkyl or cyclic N) is 1. The third-order valence-electron chi connectivity index (χ3n) is 4.22. The fourth-order valence-corrected chi connectivity index (χ4v) is 2.69. The van der Waals surface area contributed by atoms with Gasteiger partial charge in [0.25, 0.3) is 0 Å². The fourth-order valence-electron chi connectivity index (χ4n) is 2.69. The zero-order valence-electron chi connectivity index (χ0n) is 13.8. The normalized spacial score (nSPS) is 22.0. The van der Waals surface area contributed by atoms with Crippen LogP contribution >= 0.6 is 0 Å². The molecule has 1 fully saturated rings. The van der Waals surface area contributed by atoms with Gasteiger partial charge < -0.3 is 14.7 Å². The summed E-state index contributed by atoms with van der Waals surface area (Å²) in [7, 11) is 0. The van der Waals surface area contributed by atoms with Crippen LogP contribution < -0.4 is 0 Å². The minimum absolute atomic E-state index is 0.0850. The van der Waals surface area contributed by atoms with Crippen LogP contribution in [0.2, 0.25) is 0 Å². The van der Waals surface area contributed by atoms with Gasteiger partial charge in [0.05, 0.1) is 25.2 Å². The summed E-state index contributed by atoms with van der Waals surface area (Å²) in [6.07, 6.45) is -5.24. The molecule has 24 heavy (non-hydrogen) atoms. The largest absolute Gasteiger partial charge is 0.419 e. The molecular formula is C17H22F3NO3. The minimum atomic E-state index is -4.74. The third-order valence-corrected chi connectivity index (χ3v) is 4.22. The average Bonchev–Trinajstić information content (AvgIpc) is 2.91. The highest BCUT2D eigenvalue weighted by atomic mass is 19.4. The molecule has 0 saturated carbocycles. The van der Waals surface area contributed by atoms with Gasteiger partial charge in [-0.15, -0.1) is 0 Å². The van der Waals surface area contributed by atoms with E-state index >= 15 is 0 Å². The third kappa shape index (κ3) is 4.08. The smallest absolute Gasteiger partial charge is 0.379 e. The van der Waals surface area contributed by atoms with E-state index in [0.717, 1.165) is 10.5 Å². The number of alkyl halides is 3. The maximum Gasteiger partial charge on any atom is 0.419 e. The lowest BCUT2D eigenvalue weighted by Gasteiger charge is -2.31. The zero-order valence-corrected chi connectivity index (χ0v) is 13.8. The van der Waals surface area contributed by atoms with Gasteiger partial charge in [0.15, 0.2) is 5.60 Å². The van der Waals surface area contributed by atoms with E-state index in [-0.39, 0.29) is 13.2 Å². The van der Waals surface area contributed by atoms with E-state index in [1.807, 2.05) is 30.3 Å². The lowest BCUT2D eigenvalue weighted by Crippen LogP contribution is -2.50. The van der Waals surface area contributed by atoms with Gasteiger partial charge in [-0.1, -0.05) is 30.3 Å². The number of carbonyl (C=O) groups is 1. The number of hydrogen-bond donors (Lipinski definition) is 1. The summed E-state index contributed by atoms with van der Waals surface area (Å²) >= 11 is 0. The molecule has 4 nitrogen and oxygen atoms in total. The van der Waals surface area contributed by atoms with E-state index < -0.39 is 36.1 Å². The van der Waals surface area contributed by atoms with Crippen molar-refractivity contribution < 1.29 is 27.8 Å². The van der Waals surface area contributed by atoms with Gasteiger partial charge in [0, 0.05) is 13.0 Å². The predicted molar refractivity (Wildman–Crippen MR) is 82.1 cm³/mol. The van der Waals surface area contributed by atoms with E-state index in [1.165, 1.54) is 0 Å². The molecule has 1 N–H and O–H groups in total. The van der Waals surface area contributed by atoms with Crippen molar-refractivity contribution in [3.63, 3.8) is 0 Å². The number of nitrogens with zero attached hydrogens (tertiary/aromatic N) is 1. The molecule has 134 valence electrons. The molecule has 1 aliphatic rings. The highest BCUT2D eigenvalue weighted by Crippen LogP contribution is 2.38. The number of ether oxygens (including phenoxy) is 1. The molecule has 1 atom stereocenters. The molecule has 2 rings (SSSR count). The lowest BCUT2D eigenvalue weighted by atomic mass is 9.92. The predicted octanol–water partition coefficient (Wildman–Crippen LogP) is 2.76. The molecule has 0 aromatic heterocycles. The minimum Gasteiger partial charge on any atom is -0.379 e. The van der Waals surface area contributed by atoms with Crippen LogP contribution in [0.3, 0.4) is 0 Å². The van der Waals surface area contributed by atoms with Crippen LogP contribution in [0.4, 0.5) is 13.2 Å². The van der Waals surface area contributed by atoms with Gasteiger partial charge in [0.1, 0.15) is 0 Å². The highest BCUT2D eigenvalue weighted by Gasteiger charge is 2.58. The number of likely N-dealkylation sites (tertiary alicyclic amines) is 1. The Labute approximate surface area is 139 Å². The summed E-state index contributed by atoms with van der Waals surface area (Å²) in [4.78, 5) is 13.6. The number of benzene rings is 1. The zero-order chi connectivity index (χ0) is 18.0. The first-order valence-electron chi connectivity index (χ1n) is 7.75. The Morgan fingerprint density at radius 2 is 1.92 bits per heavy atom. The Hall–Kier alpha value is -1.60. The first kappa shape index (κ1) is 18.7. The van der Waals surface area contributed by atoms with Gasteiger partial charge >= 0.3 is 6.18 Å². The second kappa shape index (κ2) is 6.72. The molecule has 1 aromatic carbocycles. The molecule has 1 heterocycles.